The highest BCUT2D eigenvalue weighted by molar-refractivity contribution is 7.99. The van der Waals surface area contributed by atoms with E-state index in [9.17, 15) is 14.4 Å². The molecule has 178 valence electrons. The van der Waals surface area contributed by atoms with Gasteiger partial charge in [-0.1, -0.05) is 54.2 Å². The lowest BCUT2D eigenvalue weighted by Crippen LogP contribution is -2.37. The van der Waals surface area contributed by atoms with E-state index in [0.29, 0.717) is 22.6 Å². The third-order valence-corrected chi connectivity index (χ3v) is 6.58. The van der Waals surface area contributed by atoms with E-state index in [1.165, 1.54) is 11.8 Å². The molecule has 0 bridgehead atoms. The van der Waals surface area contributed by atoms with Gasteiger partial charge in [-0.25, -0.2) is 4.98 Å². The third-order valence-electron chi connectivity index (χ3n) is 5.61. The van der Waals surface area contributed by atoms with Crippen LogP contribution in [0.3, 0.4) is 0 Å². The molecule has 0 spiro atoms. The summed E-state index contributed by atoms with van der Waals surface area (Å²) in [5, 5.41) is 3.46. The predicted octanol–water partition coefficient (Wildman–Crippen LogP) is 2.10. The Bertz CT molecular complexity index is 1190. The highest BCUT2D eigenvalue weighted by atomic mass is 32.2. The minimum absolute atomic E-state index is 0.00518. The van der Waals surface area contributed by atoms with Gasteiger partial charge in [0.1, 0.15) is 0 Å². The zero-order valence-corrected chi connectivity index (χ0v) is 19.8. The number of hydrogen-bond acceptors (Lipinski definition) is 7. The second-order valence-electron chi connectivity index (χ2n) is 8.10. The van der Waals surface area contributed by atoms with Crippen LogP contribution in [0.5, 0.6) is 0 Å². The number of hydrogen-bond donors (Lipinski definition) is 1. The fourth-order valence-electron chi connectivity index (χ4n) is 3.88. The molecule has 2 amide bonds. The van der Waals surface area contributed by atoms with Gasteiger partial charge in [0.2, 0.25) is 11.8 Å². The molecular weight excluding hydrogens is 452 g/mol. The number of carbonyl (C=O) groups is 2. The minimum atomic E-state index is -0.409. The number of thioether (sulfide) groups is 1. The van der Waals surface area contributed by atoms with Gasteiger partial charge in [0.25, 0.3) is 5.56 Å². The number of fused-ring (bicyclic) bond motifs is 1. The second kappa shape index (κ2) is 11.9. The highest BCUT2D eigenvalue weighted by Crippen LogP contribution is 2.18. The van der Waals surface area contributed by atoms with Gasteiger partial charge in [-0.05, 0) is 24.1 Å². The lowest BCUT2D eigenvalue weighted by molar-refractivity contribution is -0.128. The number of amides is 2. The van der Waals surface area contributed by atoms with Crippen LogP contribution in [0, 0.1) is 0 Å². The maximum absolute atomic E-state index is 13.2. The quantitative estimate of drug-likeness (QED) is 0.370. The Balaban J connectivity index is 1.41. The molecule has 2 aromatic carbocycles. The van der Waals surface area contributed by atoms with E-state index >= 15 is 0 Å². The Morgan fingerprint density at radius 3 is 2.50 bits per heavy atom. The predicted molar refractivity (Wildman–Crippen MR) is 132 cm³/mol. The maximum atomic E-state index is 13.2. The van der Waals surface area contributed by atoms with Crippen molar-refractivity contribution in [2.75, 3.05) is 38.6 Å². The number of morpholine rings is 1. The average molecular weight is 481 g/mol. The summed E-state index contributed by atoms with van der Waals surface area (Å²) in [4.78, 5) is 44.8. The van der Waals surface area contributed by atoms with Crippen molar-refractivity contribution in [1.29, 1.82) is 0 Å². The fourth-order valence-corrected chi connectivity index (χ4v) is 4.70. The molecule has 2 heterocycles. The summed E-state index contributed by atoms with van der Waals surface area (Å²) >= 11 is 1.17. The van der Waals surface area contributed by atoms with Crippen molar-refractivity contribution in [1.82, 2.24) is 19.8 Å². The number of imide groups is 1. The van der Waals surface area contributed by atoms with Crippen LogP contribution in [0.2, 0.25) is 0 Å². The summed E-state index contributed by atoms with van der Waals surface area (Å²) in [7, 11) is 0. The van der Waals surface area contributed by atoms with Crippen LogP contribution < -0.4 is 10.9 Å². The Morgan fingerprint density at radius 1 is 0.971 bits per heavy atom. The van der Waals surface area contributed by atoms with Crippen LogP contribution in [0.15, 0.2) is 64.5 Å². The summed E-state index contributed by atoms with van der Waals surface area (Å²) in [6.45, 7) is 4.62. The van der Waals surface area contributed by atoms with E-state index in [-0.39, 0.29) is 23.6 Å². The number of aromatic nitrogens is 2. The van der Waals surface area contributed by atoms with Gasteiger partial charge in [0.05, 0.1) is 36.3 Å². The SMILES string of the molecule is O=C(CSc1nc2ccccc2c(=O)n1CCCN1CCOCC1)NC(=O)Cc1ccccc1. The van der Waals surface area contributed by atoms with Gasteiger partial charge in [-0.2, -0.15) is 0 Å². The number of carbonyl (C=O) groups excluding carboxylic acids is 2. The summed E-state index contributed by atoms with van der Waals surface area (Å²) in [5.74, 6) is -0.770. The zero-order chi connectivity index (χ0) is 23.8. The monoisotopic (exact) mass is 480 g/mol. The van der Waals surface area contributed by atoms with Gasteiger partial charge >= 0.3 is 0 Å². The van der Waals surface area contributed by atoms with Crippen LogP contribution in [-0.4, -0.2) is 64.9 Å². The summed E-state index contributed by atoms with van der Waals surface area (Å²) in [6.07, 6.45) is 0.924. The largest absolute Gasteiger partial charge is 0.379 e. The molecule has 0 unspecified atom stereocenters. The van der Waals surface area contributed by atoms with Crippen molar-refractivity contribution >= 4 is 34.5 Å². The van der Waals surface area contributed by atoms with Crippen molar-refractivity contribution < 1.29 is 14.3 Å². The first-order valence-electron chi connectivity index (χ1n) is 11.4. The molecule has 0 atom stereocenters. The summed E-state index contributed by atoms with van der Waals surface area (Å²) < 4.78 is 7.04. The first-order valence-corrected chi connectivity index (χ1v) is 12.4. The topological polar surface area (TPSA) is 93.5 Å². The molecule has 0 saturated carbocycles. The van der Waals surface area contributed by atoms with Crippen LogP contribution in [-0.2, 0) is 27.3 Å². The van der Waals surface area contributed by atoms with Crippen molar-refractivity contribution in [2.45, 2.75) is 24.5 Å². The molecule has 1 aliphatic heterocycles. The summed E-state index contributed by atoms with van der Waals surface area (Å²) in [5.41, 5.74) is 1.32. The molecule has 1 fully saturated rings. The lowest BCUT2D eigenvalue weighted by Gasteiger charge is -2.26. The molecule has 1 aromatic heterocycles. The zero-order valence-electron chi connectivity index (χ0n) is 18.9. The Morgan fingerprint density at radius 2 is 1.71 bits per heavy atom. The van der Waals surface area contributed by atoms with Crippen molar-refractivity contribution in [3.8, 4) is 0 Å². The number of rotatable bonds is 9. The van der Waals surface area contributed by atoms with Crippen molar-refractivity contribution in [3.63, 3.8) is 0 Å². The molecular formula is C25H28N4O4S. The van der Waals surface area contributed by atoms with Crippen molar-refractivity contribution in [2.24, 2.45) is 0 Å². The molecule has 0 radical (unpaired) electrons. The van der Waals surface area contributed by atoms with Gasteiger partial charge < -0.3 is 4.74 Å². The van der Waals surface area contributed by atoms with E-state index < -0.39 is 5.91 Å². The molecule has 0 aliphatic carbocycles. The Kier molecular flexibility index (Phi) is 8.46. The molecule has 1 saturated heterocycles. The molecule has 8 nitrogen and oxygen atoms in total. The average Bonchev–Trinajstić information content (AvgIpc) is 2.85. The number of para-hydroxylation sites is 1. The van der Waals surface area contributed by atoms with E-state index in [1.807, 2.05) is 42.5 Å². The van der Waals surface area contributed by atoms with Crippen LogP contribution in [0.4, 0.5) is 0 Å². The second-order valence-corrected chi connectivity index (χ2v) is 9.04. The number of benzene rings is 2. The normalized spacial score (nSPS) is 14.2. The molecule has 1 N–H and O–H groups in total. The lowest BCUT2D eigenvalue weighted by atomic mass is 10.1. The highest BCUT2D eigenvalue weighted by Gasteiger charge is 2.16. The maximum Gasteiger partial charge on any atom is 0.262 e. The molecule has 34 heavy (non-hydrogen) atoms. The van der Waals surface area contributed by atoms with E-state index in [0.717, 1.165) is 44.8 Å². The standard InChI is InChI=1S/C25H28N4O4S/c30-22(17-19-7-2-1-3-8-19)27-23(31)18-34-25-26-21-10-5-4-9-20(21)24(32)29(25)12-6-11-28-13-15-33-16-14-28/h1-5,7-10H,6,11-18H2,(H,27,30,31). The first-order chi connectivity index (χ1) is 16.6. The Labute approximate surface area is 202 Å². The summed E-state index contributed by atoms with van der Waals surface area (Å²) in [6, 6.07) is 16.5. The molecule has 3 aromatic rings. The Hall–Kier alpha value is -3.01. The minimum Gasteiger partial charge on any atom is -0.379 e. The molecule has 4 rings (SSSR count). The van der Waals surface area contributed by atoms with Crippen molar-refractivity contribution in [3.05, 3.63) is 70.5 Å². The van der Waals surface area contributed by atoms with Gasteiger partial charge in [-0.15, -0.1) is 0 Å². The number of nitrogens with zero attached hydrogens (tertiary/aromatic N) is 3. The molecule has 1 aliphatic rings. The van der Waals surface area contributed by atoms with Crippen LogP contribution in [0.25, 0.3) is 10.9 Å². The van der Waals surface area contributed by atoms with E-state index in [2.05, 4.69) is 15.2 Å². The van der Waals surface area contributed by atoms with Crippen LogP contribution >= 0.6 is 11.8 Å². The van der Waals surface area contributed by atoms with Gasteiger partial charge in [-0.3, -0.25) is 29.2 Å². The molecule has 9 heteroatoms. The number of nitrogens with one attached hydrogen (secondary N) is 1. The number of ether oxygens (including phenoxy) is 1. The first kappa shape index (κ1) is 24.1. The van der Waals surface area contributed by atoms with Gasteiger partial charge in [0.15, 0.2) is 5.16 Å². The fraction of sp³-hybridized carbons (Fsp3) is 0.360. The smallest absolute Gasteiger partial charge is 0.262 e. The van der Waals surface area contributed by atoms with E-state index in [1.54, 1.807) is 16.7 Å². The van der Waals surface area contributed by atoms with Crippen LogP contribution in [0.1, 0.15) is 12.0 Å². The van der Waals surface area contributed by atoms with Gasteiger partial charge in [0, 0.05) is 26.2 Å². The third kappa shape index (κ3) is 6.53. The van der Waals surface area contributed by atoms with E-state index in [4.69, 9.17) is 4.74 Å².